The van der Waals surface area contributed by atoms with Crippen LogP contribution in [0, 0.1) is 0 Å². The van der Waals surface area contributed by atoms with Crippen LogP contribution >= 0.6 is 11.3 Å². The van der Waals surface area contributed by atoms with Crippen LogP contribution in [0.1, 0.15) is 18.9 Å². The predicted molar refractivity (Wildman–Crippen MR) is 71.8 cm³/mol. The maximum absolute atomic E-state index is 11.1. The lowest BCUT2D eigenvalue weighted by Gasteiger charge is -2.01. The Kier molecular flexibility index (Phi) is 4.30. The summed E-state index contributed by atoms with van der Waals surface area (Å²) in [5.74, 6) is 0.0947. The number of aromatic nitrogens is 1. The van der Waals surface area contributed by atoms with Gasteiger partial charge in [0.2, 0.25) is 5.88 Å². The second kappa shape index (κ2) is 6.16. The summed E-state index contributed by atoms with van der Waals surface area (Å²) in [6.45, 7) is 2.46. The molecule has 1 aromatic carbocycles. The minimum atomic E-state index is -0.269. The van der Waals surface area contributed by atoms with Crippen LogP contribution in [0.25, 0.3) is 0 Å². The molecular weight excluding hydrogens is 248 g/mol. The highest BCUT2D eigenvalue weighted by atomic mass is 32.1. The highest BCUT2D eigenvalue weighted by molar-refractivity contribution is 7.13. The van der Waals surface area contributed by atoms with Gasteiger partial charge in [0.15, 0.2) is 5.13 Å². The molecule has 0 bridgehead atoms. The standard InChI is InChI=1S/C13H14N2O2S/c1-2-12(16)17-11-9-18-13(15-11)14-8-10-6-4-3-5-7-10/h3-7,9H,2,8H2,1H3,(H,14,15). The van der Waals surface area contributed by atoms with Crippen molar-refractivity contribution in [3.8, 4) is 5.88 Å². The summed E-state index contributed by atoms with van der Waals surface area (Å²) in [6.07, 6.45) is 0.351. The Balaban J connectivity index is 1.89. The third-order valence-corrected chi connectivity index (χ3v) is 3.06. The van der Waals surface area contributed by atoms with E-state index in [0.29, 0.717) is 18.8 Å². The molecule has 2 aromatic rings. The van der Waals surface area contributed by atoms with E-state index in [0.717, 1.165) is 5.13 Å². The second-order valence-corrected chi connectivity index (χ2v) is 4.52. The number of carbonyl (C=O) groups is 1. The molecule has 0 amide bonds. The summed E-state index contributed by atoms with van der Waals surface area (Å²) in [5.41, 5.74) is 1.18. The van der Waals surface area contributed by atoms with Crippen molar-refractivity contribution in [2.45, 2.75) is 19.9 Å². The number of nitrogens with one attached hydrogen (secondary N) is 1. The van der Waals surface area contributed by atoms with Crippen LogP contribution in [0.15, 0.2) is 35.7 Å². The number of ether oxygens (including phenoxy) is 1. The molecule has 0 fully saturated rings. The van der Waals surface area contributed by atoms with Gasteiger partial charge in [-0.25, -0.2) is 0 Å². The smallest absolute Gasteiger partial charge is 0.312 e. The number of hydrogen-bond acceptors (Lipinski definition) is 5. The van der Waals surface area contributed by atoms with Gasteiger partial charge >= 0.3 is 5.97 Å². The van der Waals surface area contributed by atoms with Crippen molar-refractivity contribution in [3.05, 3.63) is 41.3 Å². The Labute approximate surface area is 110 Å². The molecule has 1 N–H and O–H groups in total. The molecule has 0 aliphatic carbocycles. The molecule has 0 spiro atoms. The molecule has 5 heteroatoms. The first kappa shape index (κ1) is 12.6. The molecule has 4 nitrogen and oxygen atoms in total. The average Bonchev–Trinajstić information content (AvgIpc) is 2.85. The Hall–Kier alpha value is -1.88. The molecule has 0 radical (unpaired) electrons. The molecule has 2 rings (SSSR count). The summed E-state index contributed by atoms with van der Waals surface area (Å²) in [7, 11) is 0. The van der Waals surface area contributed by atoms with Crippen molar-refractivity contribution in [2.75, 3.05) is 5.32 Å². The van der Waals surface area contributed by atoms with Gasteiger partial charge in [0.25, 0.3) is 0 Å². The average molecular weight is 262 g/mol. The Bertz CT molecular complexity index is 511. The molecule has 0 aliphatic rings. The van der Waals surface area contributed by atoms with Crippen molar-refractivity contribution in [1.29, 1.82) is 0 Å². The van der Waals surface area contributed by atoms with E-state index in [1.807, 2.05) is 30.3 Å². The van der Waals surface area contributed by atoms with Crippen molar-refractivity contribution in [2.24, 2.45) is 0 Å². The van der Waals surface area contributed by atoms with Crippen LogP contribution in [0.4, 0.5) is 5.13 Å². The topological polar surface area (TPSA) is 51.2 Å². The van der Waals surface area contributed by atoms with Crippen LogP contribution in [-0.4, -0.2) is 11.0 Å². The first-order valence-electron chi connectivity index (χ1n) is 5.72. The van der Waals surface area contributed by atoms with E-state index >= 15 is 0 Å². The Morgan fingerprint density at radius 1 is 1.39 bits per heavy atom. The monoisotopic (exact) mass is 262 g/mol. The fraction of sp³-hybridized carbons (Fsp3) is 0.231. The molecule has 18 heavy (non-hydrogen) atoms. The summed E-state index contributed by atoms with van der Waals surface area (Å²) in [5, 5.41) is 5.66. The van der Waals surface area contributed by atoms with Crippen molar-refractivity contribution in [1.82, 2.24) is 4.98 Å². The third kappa shape index (κ3) is 3.56. The maximum Gasteiger partial charge on any atom is 0.312 e. The van der Waals surface area contributed by atoms with Gasteiger partial charge in [0.1, 0.15) is 0 Å². The summed E-state index contributed by atoms with van der Waals surface area (Å²) >= 11 is 1.42. The van der Waals surface area contributed by atoms with Crippen molar-refractivity contribution < 1.29 is 9.53 Å². The molecule has 1 heterocycles. The van der Waals surface area contributed by atoms with Gasteiger partial charge in [-0.3, -0.25) is 4.79 Å². The van der Waals surface area contributed by atoms with Crippen molar-refractivity contribution >= 4 is 22.4 Å². The van der Waals surface area contributed by atoms with E-state index in [1.165, 1.54) is 16.9 Å². The quantitative estimate of drug-likeness (QED) is 0.841. The van der Waals surface area contributed by atoms with Crippen LogP contribution in [0.2, 0.25) is 0 Å². The van der Waals surface area contributed by atoms with E-state index < -0.39 is 0 Å². The zero-order valence-electron chi connectivity index (χ0n) is 10.1. The van der Waals surface area contributed by atoms with Gasteiger partial charge in [-0.15, -0.1) is 11.3 Å². The molecular formula is C13H14N2O2S. The molecule has 0 aliphatic heterocycles. The van der Waals surface area contributed by atoms with Gasteiger partial charge in [-0.05, 0) is 5.56 Å². The molecule has 0 saturated heterocycles. The van der Waals surface area contributed by atoms with Crippen molar-refractivity contribution in [3.63, 3.8) is 0 Å². The van der Waals surface area contributed by atoms with E-state index in [9.17, 15) is 4.79 Å². The molecule has 0 unspecified atom stereocenters. The highest BCUT2D eigenvalue weighted by Gasteiger charge is 2.06. The molecule has 0 atom stereocenters. The van der Waals surface area contributed by atoms with Gasteiger partial charge in [-0.2, -0.15) is 4.98 Å². The van der Waals surface area contributed by atoms with Gasteiger partial charge in [0, 0.05) is 13.0 Å². The zero-order chi connectivity index (χ0) is 12.8. The number of thiazole rings is 1. The molecule has 94 valence electrons. The molecule has 0 saturated carbocycles. The van der Waals surface area contributed by atoms with Crippen LogP contribution in [0.5, 0.6) is 5.88 Å². The van der Waals surface area contributed by atoms with Crippen LogP contribution < -0.4 is 10.1 Å². The SMILES string of the molecule is CCC(=O)Oc1csc(NCc2ccccc2)n1. The number of rotatable bonds is 5. The fourth-order valence-electron chi connectivity index (χ4n) is 1.35. The zero-order valence-corrected chi connectivity index (χ0v) is 10.9. The predicted octanol–water partition coefficient (Wildman–Crippen LogP) is 3.07. The number of hydrogen-bond donors (Lipinski definition) is 1. The first-order valence-corrected chi connectivity index (χ1v) is 6.60. The first-order chi connectivity index (χ1) is 8.78. The van der Waals surface area contributed by atoms with Gasteiger partial charge in [-0.1, -0.05) is 37.3 Å². The van der Waals surface area contributed by atoms with Gasteiger partial charge in [0.05, 0.1) is 5.38 Å². The van der Waals surface area contributed by atoms with E-state index in [2.05, 4.69) is 10.3 Å². The Morgan fingerprint density at radius 2 is 2.17 bits per heavy atom. The highest BCUT2D eigenvalue weighted by Crippen LogP contribution is 2.21. The summed E-state index contributed by atoms with van der Waals surface area (Å²) in [6, 6.07) is 10.0. The number of nitrogens with zero attached hydrogens (tertiary/aromatic N) is 1. The second-order valence-electron chi connectivity index (χ2n) is 3.66. The number of esters is 1. The molecule has 1 aromatic heterocycles. The maximum atomic E-state index is 11.1. The third-order valence-electron chi connectivity index (χ3n) is 2.28. The summed E-state index contributed by atoms with van der Waals surface area (Å²) in [4.78, 5) is 15.3. The minimum Gasteiger partial charge on any atom is -0.406 e. The van der Waals surface area contributed by atoms with Crippen LogP contribution in [0.3, 0.4) is 0 Å². The largest absolute Gasteiger partial charge is 0.406 e. The summed E-state index contributed by atoms with van der Waals surface area (Å²) < 4.78 is 5.02. The number of benzene rings is 1. The lowest BCUT2D eigenvalue weighted by molar-refractivity contribution is -0.134. The minimum absolute atomic E-state index is 0.269. The van der Waals surface area contributed by atoms with E-state index in [1.54, 1.807) is 12.3 Å². The number of anilines is 1. The lowest BCUT2D eigenvalue weighted by atomic mass is 10.2. The van der Waals surface area contributed by atoms with E-state index in [-0.39, 0.29) is 5.97 Å². The van der Waals surface area contributed by atoms with Crippen LogP contribution in [-0.2, 0) is 11.3 Å². The number of carbonyl (C=O) groups excluding carboxylic acids is 1. The fourth-order valence-corrected chi connectivity index (χ4v) is 1.96. The lowest BCUT2D eigenvalue weighted by Crippen LogP contribution is -2.06. The Morgan fingerprint density at radius 3 is 2.89 bits per heavy atom. The van der Waals surface area contributed by atoms with E-state index in [4.69, 9.17) is 4.74 Å². The normalized spacial score (nSPS) is 10.1. The van der Waals surface area contributed by atoms with Gasteiger partial charge < -0.3 is 10.1 Å².